The summed E-state index contributed by atoms with van der Waals surface area (Å²) in [6, 6.07) is 7.72. The lowest BCUT2D eigenvalue weighted by Crippen LogP contribution is -2.45. The molecule has 1 heterocycles. The molecule has 2 N–H and O–H groups in total. The first-order chi connectivity index (χ1) is 9.25. The van der Waals surface area contributed by atoms with Gasteiger partial charge in [-0.1, -0.05) is 15.9 Å². The fourth-order valence-corrected chi connectivity index (χ4v) is 2.01. The predicted octanol–water partition coefficient (Wildman–Crippen LogP) is 1.47. The maximum absolute atomic E-state index is 5.91. The topological polar surface area (TPSA) is 60.1 Å². The highest BCUT2D eigenvalue weighted by atomic mass is 79.9. The Hall–Kier alpha value is -1.27. The number of benzene rings is 1. The highest BCUT2D eigenvalue weighted by Crippen LogP contribution is 2.15. The number of nitrogens with two attached hydrogens (primary N) is 1. The molecule has 0 aliphatic carbocycles. The van der Waals surface area contributed by atoms with Crippen molar-refractivity contribution in [1.82, 2.24) is 4.90 Å². The molecule has 0 atom stereocenters. The molecule has 0 saturated carbocycles. The molecule has 1 aliphatic heterocycles. The van der Waals surface area contributed by atoms with Crippen LogP contribution in [0.25, 0.3) is 0 Å². The molecule has 2 rings (SSSR count). The maximum atomic E-state index is 5.91. The molecule has 0 radical (unpaired) electrons. The summed E-state index contributed by atoms with van der Waals surface area (Å²) < 4.78 is 11.9. The van der Waals surface area contributed by atoms with Crippen LogP contribution in [-0.4, -0.2) is 50.3 Å². The van der Waals surface area contributed by atoms with Gasteiger partial charge in [0.1, 0.15) is 12.4 Å². The first kappa shape index (κ1) is 14.1. The van der Waals surface area contributed by atoms with Crippen LogP contribution in [-0.2, 0) is 4.74 Å². The Morgan fingerprint density at radius 3 is 2.68 bits per heavy atom. The van der Waals surface area contributed by atoms with E-state index in [-0.39, 0.29) is 0 Å². The largest absolute Gasteiger partial charge is 0.492 e. The van der Waals surface area contributed by atoms with Gasteiger partial charge in [0.2, 0.25) is 0 Å². The van der Waals surface area contributed by atoms with E-state index in [9.17, 15) is 0 Å². The van der Waals surface area contributed by atoms with Gasteiger partial charge in [0.25, 0.3) is 0 Å². The van der Waals surface area contributed by atoms with Gasteiger partial charge in [-0.25, -0.2) is 4.99 Å². The zero-order chi connectivity index (χ0) is 13.5. The first-order valence-electron chi connectivity index (χ1n) is 6.27. The molecule has 1 aromatic carbocycles. The van der Waals surface area contributed by atoms with Gasteiger partial charge in [0.15, 0.2) is 5.96 Å². The van der Waals surface area contributed by atoms with E-state index < -0.39 is 0 Å². The van der Waals surface area contributed by atoms with Crippen LogP contribution in [0.15, 0.2) is 33.7 Å². The zero-order valence-corrected chi connectivity index (χ0v) is 12.3. The van der Waals surface area contributed by atoms with E-state index in [2.05, 4.69) is 20.9 Å². The second-order valence-electron chi connectivity index (χ2n) is 4.14. The molecule has 5 nitrogen and oxygen atoms in total. The van der Waals surface area contributed by atoms with Crippen molar-refractivity contribution in [2.24, 2.45) is 10.7 Å². The molecule has 0 unspecified atom stereocenters. The molecule has 1 aromatic rings. The maximum Gasteiger partial charge on any atom is 0.191 e. The van der Waals surface area contributed by atoms with Gasteiger partial charge in [-0.3, -0.25) is 0 Å². The van der Waals surface area contributed by atoms with Crippen molar-refractivity contribution in [3.05, 3.63) is 28.7 Å². The van der Waals surface area contributed by atoms with Crippen molar-refractivity contribution in [3.8, 4) is 5.75 Å². The Kier molecular flexibility index (Phi) is 5.47. The predicted molar refractivity (Wildman–Crippen MR) is 78.5 cm³/mol. The monoisotopic (exact) mass is 327 g/mol. The number of morpholine rings is 1. The van der Waals surface area contributed by atoms with E-state index in [0.717, 1.165) is 23.3 Å². The summed E-state index contributed by atoms with van der Waals surface area (Å²) in [4.78, 5) is 6.34. The van der Waals surface area contributed by atoms with E-state index >= 15 is 0 Å². The quantitative estimate of drug-likeness (QED) is 0.517. The fourth-order valence-electron chi connectivity index (χ4n) is 1.75. The van der Waals surface area contributed by atoms with Crippen LogP contribution >= 0.6 is 15.9 Å². The molecule has 0 aromatic heterocycles. The summed E-state index contributed by atoms with van der Waals surface area (Å²) in [6.45, 7) is 4.12. The number of ether oxygens (including phenoxy) is 2. The number of nitrogens with zero attached hydrogens (tertiary/aromatic N) is 2. The van der Waals surface area contributed by atoms with Crippen molar-refractivity contribution < 1.29 is 9.47 Å². The van der Waals surface area contributed by atoms with Gasteiger partial charge in [0.05, 0.1) is 19.8 Å². The molecule has 0 amide bonds. The average molecular weight is 328 g/mol. The normalized spacial score (nSPS) is 16.5. The van der Waals surface area contributed by atoms with E-state index in [0.29, 0.717) is 32.3 Å². The smallest absolute Gasteiger partial charge is 0.191 e. The van der Waals surface area contributed by atoms with E-state index in [1.54, 1.807) is 0 Å². The minimum Gasteiger partial charge on any atom is -0.492 e. The SMILES string of the molecule is NC(=NCCOc1ccc(Br)cc1)N1CCOCC1. The minimum absolute atomic E-state index is 0.521. The van der Waals surface area contributed by atoms with Crippen molar-refractivity contribution in [3.63, 3.8) is 0 Å². The number of rotatable bonds is 4. The van der Waals surface area contributed by atoms with Crippen molar-refractivity contribution >= 4 is 21.9 Å². The lowest BCUT2D eigenvalue weighted by molar-refractivity contribution is 0.0674. The molecule has 104 valence electrons. The third-order valence-corrected chi connectivity index (χ3v) is 3.31. The lowest BCUT2D eigenvalue weighted by Gasteiger charge is -2.27. The minimum atomic E-state index is 0.521. The molecule has 1 fully saturated rings. The molecule has 0 spiro atoms. The molecule has 1 saturated heterocycles. The van der Waals surface area contributed by atoms with Crippen molar-refractivity contribution in [2.45, 2.75) is 0 Å². The number of hydrogen-bond acceptors (Lipinski definition) is 3. The second-order valence-corrected chi connectivity index (χ2v) is 5.06. The molecule has 6 heteroatoms. The van der Waals surface area contributed by atoms with Crippen molar-refractivity contribution in [2.75, 3.05) is 39.5 Å². The Labute approximate surface area is 121 Å². The van der Waals surface area contributed by atoms with Crippen molar-refractivity contribution in [1.29, 1.82) is 0 Å². The standard InChI is InChI=1S/C13H18BrN3O2/c14-11-1-3-12(4-2-11)19-8-5-16-13(15)17-6-9-18-10-7-17/h1-4H,5-10H2,(H2,15,16). The van der Waals surface area contributed by atoms with Gasteiger partial charge in [-0.2, -0.15) is 0 Å². The summed E-state index contributed by atoms with van der Waals surface area (Å²) in [5.41, 5.74) is 5.91. The Morgan fingerprint density at radius 2 is 2.00 bits per heavy atom. The summed E-state index contributed by atoms with van der Waals surface area (Å²) in [5, 5.41) is 0. The van der Waals surface area contributed by atoms with Crippen LogP contribution in [0.4, 0.5) is 0 Å². The Bertz CT molecular complexity index is 416. The molecule has 1 aliphatic rings. The summed E-state index contributed by atoms with van der Waals surface area (Å²) in [5.74, 6) is 1.41. The highest BCUT2D eigenvalue weighted by molar-refractivity contribution is 9.10. The molecular formula is C13H18BrN3O2. The van der Waals surface area contributed by atoms with Gasteiger partial charge < -0.3 is 20.1 Å². The second kappa shape index (κ2) is 7.35. The van der Waals surface area contributed by atoms with Gasteiger partial charge in [0, 0.05) is 17.6 Å². The zero-order valence-electron chi connectivity index (χ0n) is 10.7. The van der Waals surface area contributed by atoms with Crippen LogP contribution in [0, 0.1) is 0 Å². The summed E-state index contributed by atoms with van der Waals surface area (Å²) in [6.07, 6.45) is 0. The Morgan fingerprint density at radius 1 is 1.32 bits per heavy atom. The van der Waals surface area contributed by atoms with Gasteiger partial charge in [-0.15, -0.1) is 0 Å². The van der Waals surface area contributed by atoms with Gasteiger partial charge >= 0.3 is 0 Å². The first-order valence-corrected chi connectivity index (χ1v) is 7.06. The Balaban J connectivity index is 1.71. The third kappa shape index (κ3) is 4.72. The van der Waals surface area contributed by atoms with Gasteiger partial charge in [-0.05, 0) is 24.3 Å². The third-order valence-electron chi connectivity index (χ3n) is 2.78. The van der Waals surface area contributed by atoms with Crippen LogP contribution < -0.4 is 10.5 Å². The molecule has 19 heavy (non-hydrogen) atoms. The van der Waals surface area contributed by atoms with E-state index in [1.165, 1.54) is 0 Å². The molecule has 0 bridgehead atoms. The number of aliphatic imine (C=N–C) groups is 1. The summed E-state index contributed by atoms with van der Waals surface area (Å²) in [7, 11) is 0. The highest BCUT2D eigenvalue weighted by Gasteiger charge is 2.11. The number of guanidine groups is 1. The van der Waals surface area contributed by atoms with Crippen LogP contribution in [0.2, 0.25) is 0 Å². The van der Waals surface area contributed by atoms with E-state index in [4.69, 9.17) is 15.2 Å². The summed E-state index contributed by atoms with van der Waals surface area (Å²) >= 11 is 3.38. The van der Waals surface area contributed by atoms with Crippen LogP contribution in [0.5, 0.6) is 5.75 Å². The number of halogens is 1. The average Bonchev–Trinajstić information content (AvgIpc) is 2.46. The molecular weight excluding hydrogens is 310 g/mol. The van der Waals surface area contributed by atoms with E-state index in [1.807, 2.05) is 29.2 Å². The fraction of sp³-hybridized carbons (Fsp3) is 0.462. The van der Waals surface area contributed by atoms with Crippen LogP contribution in [0.3, 0.4) is 0 Å². The number of hydrogen-bond donors (Lipinski definition) is 1. The lowest BCUT2D eigenvalue weighted by atomic mass is 10.3. The van der Waals surface area contributed by atoms with Crippen LogP contribution in [0.1, 0.15) is 0 Å².